The van der Waals surface area contributed by atoms with E-state index in [-0.39, 0.29) is 11.8 Å². The zero-order valence-corrected chi connectivity index (χ0v) is 18.5. The van der Waals surface area contributed by atoms with Gasteiger partial charge in [-0.15, -0.1) is 11.3 Å². The van der Waals surface area contributed by atoms with Gasteiger partial charge < -0.3 is 15.4 Å². The first-order valence-electron chi connectivity index (χ1n) is 9.81. The van der Waals surface area contributed by atoms with Crippen molar-refractivity contribution in [2.24, 2.45) is 0 Å². The van der Waals surface area contributed by atoms with E-state index in [0.717, 1.165) is 5.56 Å². The van der Waals surface area contributed by atoms with Crippen LogP contribution in [-0.2, 0) is 6.61 Å². The second-order valence-electron chi connectivity index (χ2n) is 6.88. The first kappa shape index (κ1) is 21.6. The second kappa shape index (κ2) is 10.1. The molecule has 160 valence electrons. The Morgan fingerprint density at radius 3 is 2.34 bits per heavy atom. The standard InChI is InChI=1S/C25H19ClN2O3S/c26-21-13-8-18(15-22(21)28-25(30)23-7-4-14-32-23)24(29)27-19-9-11-20(12-10-19)31-16-17-5-2-1-3-6-17/h1-15H,16H2,(H,27,29)(H,28,30). The van der Waals surface area contributed by atoms with Crippen molar-refractivity contribution >= 4 is 46.1 Å². The Morgan fingerprint density at radius 2 is 1.62 bits per heavy atom. The van der Waals surface area contributed by atoms with Crippen LogP contribution < -0.4 is 15.4 Å². The molecule has 3 aromatic carbocycles. The summed E-state index contributed by atoms with van der Waals surface area (Å²) in [6.45, 7) is 0.470. The number of rotatable bonds is 7. The smallest absolute Gasteiger partial charge is 0.265 e. The summed E-state index contributed by atoms with van der Waals surface area (Å²) in [5.41, 5.74) is 2.46. The van der Waals surface area contributed by atoms with E-state index >= 15 is 0 Å². The number of ether oxygens (including phenoxy) is 1. The van der Waals surface area contributed by atoms with Gasteiger partial charge in [-0.25, -0.2) is 0 Å². The third-order valence-corrected chi connectivity index (χ3v) is 5.78. The van der Waals surface area contributed by atoms with Crippen LogP contribution in [0.15, 0.2) is 90.3 Å². The quantitative estimate of drug-likeness (QED) is 0.330. The number of amides is 2. The molecule has 7 heteroatoms. The highest BCUT2D eigenvalue weighted by atomic mass is 35.5. The summed E-state index contributed by atoms with van der Waals surface area (Å²) in [4.78, 5) is 25.6. The Kier molecular flexibility index (Phi) is 6.84. The van der Waals surface area contributed by atoms with Gasteiger partial charge in [0.05, 0.1) is 15.6 Å². The van der Waals surface area contributed by atoms with Crippen molar-refractivity contribution in [2.75, 3.05) is 10.6 Å². The van der Waals surface area contributed by atoms with Gasteiger partial charge >= 0.3 is 0 Å². The van der Waals surface area contributed by atoms with E-state index in [2.05, 4.69) is 10.6 Å². The molecule has 1 heterocycles. The van der Waals surface area contributed by atoms with Crippen molar-refractivity contribution in [2.45, 2.75) is 6.61 Å². The van der Waals surface area contributed by atoms with Crippen LogP contribution in [0.1, 0.15) is 25.6 Å². The molecule has 0 radical (unpaired) electrons. The number of thiophene rings is 1. The SMILES string of the molecule is O=C(Nc1ccc(OCc2ccccc2)cc1)c1ccc(Cl)c(NC(=O)c2cccs2)c1. The molecule has 2 amide bonds. The number of halogens is 1. The maximum atomic E-state index is 12.7. The Labute approximate surface area is 194 Å². The lowest BCUT2D eigenvalue weighted by Crippen LogP contribution is -2.14. The summed E-state index contributed by atoms with van der Waals surface area (Å²) < 4.78 is 5.77. The highest BCUT2D eigenvalue weighted by Gasteiger charge is 2.13. The summed E-state index contributed by atoms with van der Waals surface area (Å²) in [7, 11) is 0. The highest BCUT2D eigenvalue weighted by molar-refractivity contribution is 7.12. The molecule has 0 saturated carbocycles. The average molecular weight is 463 g/mol. The number of hydrogen-bond acceptors (Lipinski definition) is 4. The number of carbonyl (C=O) groups is 2. The normalized spacial score (nSPS) is 10.4. The van der Waals surface area contributed by atoms with Crippen LogP contribution in [0.25, 0.3) is 0 Å². The van der Waals surface area contributed by atoms with E-state index in [0.29, 0.717) is 39.2 Å². The van der Waals surface area contributed by atoms with Crippen LogP contribution in [-0.4, -0.2) is 11.8 Å². The van der Waals surface area contributed by atoms with Crippen LogP contribution in [0, 0.1) is 0 Å². The first-order chi connectivity index (χ1) is 15.6. The lowest BCUT2D eigenvalue weighted by molar-refractivity contribution is 0.101. The fourth-order valence-electron chi connectivity index (χ4n) is 2.93. The van der Waals surface area contributed by atoms with Crippen LogP contribution in [0.4, 0.5) is 11.4 Å². The lowest BCUT2D eigenvalue weighted by Gasteiger charge is -2.11. The van der Waals surface area contributed by atoms with Crippen LogP contribution in [0.5, 0.6) is 5.75 Å². The van der Waals surface area contributed by atoms with Gasteiger partial charge in [-0.1, -0.05) is 48.0 Å². The zero-order valence-electron chi connectivity index (χ0n) is 16.9. The molecule has 2 N–H and O–H groups in total. The predicted molar refractivity (Wildman–Crippen MR) is 129 cm³/mol. The second-order valence-corrected chi connectivity index (χ2v) is 8.23. The van der Waals surface area contributed by atoms with Crippen LogP contribution in [0.2, 0.25) is 5.02 Å². The molecular formula is C25H19ClN2O3S. The van der Waals surface area contributed by atoms with Crippen molar-refractivity contribution in [1.82, 2.24) is 0 Å². The number of nitrogens with one attached hydrogen (secondary N) is 2. The molecule has 0 atom stereocenters. The molecule has 0 aliphatic carbocycles. The summed E-state index contributed by atoms with van der Waals surface area (Å²) >= 11 is 7.53. The Bertz CT molecular complexity index is 1210. The average Bonchev–Trinajstić information content (AvgIpc) is 3.36. The molecule has 0 spiro atoms. The van der Waals surface area contributed by atoms with Gasteiger partial charge in [0.25, 0.3) is 11.8 Å². The van der Waals surface area contributed by atoms with Crippen LogP contribution >= 0.6 is 22.9 Å². The molecule has 0 unspecified atom stereocenters. The van der Waals surface area contributed by atoms with Crippen molar-refractivity contribution in [3.8, 4) is 5.75 Å². The number of hydrogen-bond donors (Lipinski definition) is 2. The molecular weight excluding hydrogens is 444 g/mol. The van der Waals surface area contributed by atoms with Gasteiger partial charge in [-0.3, -0.25) is 9.59 Å². The topological polar surface area (TPSA) is 67.4 Å². The Hall–Kier alpha value is -3.61. The fourth-order valence-corrected chi connectivity index (χ4v) is 3.72. The fraction of sp³-hybridized carbons (Fsp3) is 0.0400. The third-order valence-electron chi connectivity index (χ3n) is 4.58. The predicted octanol–water partition coefficient (Wildman–Crippen LogP) is 6.49. The molecule has 1 aromatic heterocycles. The van der Waals surface area contributed by atoms with Gasteiger partial charge in [0.1, 0.15) is 12.4 Å². The van der Waals surface area contributed by atoms with Crippen molar-refractivity contribution in [1.29, 1.82) is 0 Å². The third kappa shape index (κ3) is 5.55. The molecule has 0 saturated heterocycles. The summed E-state index contributed by atoms with van der Waals surface area (Å²) in [5, 5.41) is 7.76. The molecule has 4 rings (SSSR count). The number of benzene rings is 3. The van der Waals surface area contributed by atoms with Gasteiger partial charge in [0.2, 0.25) is 0 Å². The largest absolute Gasteiger partial charge is 0.489 e. The molecule has 0 fully saturated rings. The van der Waals surface area contributed by atoms with E-state index in [4.69, 9.17) is 16.3 Å². The van der Waals surface area contributed by atoms with E-state index in [1.807, 2.05) is 35.7 Å². The van der Waals surface area contributed by atoms with Crippen molar-refractivity contribution < 1.29 is 14.3 Å². The highest BCUT2D eigenvalue weighted by Crippen LogP contribution is 2.25. The Morgan fingerprint density at radius 1 is 0.844 bits per heavy atom. The molecule has 0 aliphatic heterocycles. The number of anilines is 2. The minimum Gasteiger partial charge on any atom is -0.489 e. The molecule has 5 nitrogen and oxygen atoms in total. The maximum absolute atomic E-state index is 12.7. The molecule has 0 aliphatic rings. The molecule has 4 aromatic rings. The van der Waals surface area contributed by atoms with Crippen LogP contribution in [0.3, 0.4) is 0 Å². The maximum Gasteiger partial charge on any atom is 0.265 e. The van der Waals surface area contributed by atoms with Gasteiger partial charge in [-0.2, -0.15) is 0 Å². The minimum absolute atomic E-state index is 0.273. The first-order valence-corrected chi connectivity index (χ1v) is 11.1. The van der Waals surface area contributed by atoms with E-state index in [1.165, 1.54) is 11.3 Å². The lowest BCUT2D eigenvalue weighted by atomic mass is 10.1. The summed E-state index contributed by atoms with van der Waals surface area (Å²) in [5.74, 6) is 0.119. The van der Waals surface area contributed by atoms with Crippen molar-refractivity contribution in [3.63, 3.8) is 0 Å². The monoisotopic (exact) mass is 462 g/mol. The van der Waals surface area contributed by atoms with E-state index < -0.39 is 0 Å². The zero-order chi connectivity index (χ0) is 22.3. The van der Waals surface area contributed by atoms with E-state index in [1.54, 1.807) is 54.6 Å². The summed E-state index contributed by atoms with van der Waals surface area (Å²) in [6, 6.07) is 25.3. The van der Waals surface area contributed by atoms with Crippen molar-refractivity contribution in [3.05, 3.63) is 111 Å². The van der Waals surface area contributed by atoms with Gasteiger partial charge in [0, 0.05) is 11.3 Å². The van der Waals surface area contributed by atoms with Gasteiger partial charge in [0.15, 0.2) is 0 Å². The molecule has 32 heavy (non-hydrogen) atoms. The van der Waals surface area contributed by atoms with Gasteiger partial charge in [-0.05, 0) is 59.5 Å². The minimum atomic E-state index is -0.314. The molecule has 0 bridgehead atoms. The summed E-state index contributed by atoms with van der Waals surface area (Å²) in [6.07, 6.45) is 0. The number of carbonyl (C=O) groups excluding carboxylic acids is 2. The Balaban J connectivity index is 1.38. The van der Waals surface area contributed by atoms with E-state index in [9.17, 15) is 9.59 Å².